The number of nitrogens with zero attached hydrogens (tertiary/aromatic N) is 4. The molecule has 3 aromatic rings. The molecule has 140 valence electrons. The Kier molecular flexibility index (Phi) is 5.29. The zero-order valence-electron chi connectivity index (χ0n) is 15.3. The zero-order valence-corrected chi connectivity index (χ0v) is 15.3. The summed E-state index contributed by atoms with van der Waals surface area (Å²) in [5, 5.41) is 7.89. The molecule has 0 bridgehead atoms. The van der Waals surface area contributed by atoms with E-state index < -0.39 is 0 Å². The highest BCUT2D eigenvalue weighted by molar-refractivity contribution is 5.43. The molecule has 0 saturated carbocycles. The fraction of sp³-hybridized carbons (Fsp3) is 0.350. The Labute approximate surface area is 158 Å². The van der Waals surface area contributed by atoms with Crippen LogP contribution >= 0.6 is 0 Å². The lowest BCUT2D eigenvalue weighted by Gasteiger charge is -2.24. The minimum atomic E-state index is 0.390. The Morgan fingerprint density at radius 3 is 3.04 bits per heavy atom. The normalized spacial score (nSPS) is 16.0. The lowest BCUT2D eigenvalue weighted by Crippen LogP contribution is -2.37. The molecule has 3 heterocycles. The number of aromatic nitrogens is 4. The Morgan fingerprint density at radius 2 is 2.19 bits per heavy atom. The molecule has 1 aliphatic heterocycles. The van der Waals surface area contributed by atoms with Crippen LogP contribution in [0.5, 0.6) is 11.5 Å². The van der Waals surface area contributed by atoms with Crippen LogP contribution in [0.3, 0.4) is 0 Å². The van der Waals surface area contributed by atoms with Crippen LogP contribution in [-0.2, 0) is 26.1 Å². The van der Waals surface area contributed by atoms with Crippen molar-refractivity contribution >= 4 is 0 Å². The number of benzene rings is 1. The molecular formula is C20H23N5O2. The molecule has 4 rings (SSSR count). The summed E-state index contributed by atoms with van der Waals surface area (Å²) in [4.78, 5) is 8.39. The summed E-state index contributed by atoms with van der Waals surface area (Å²) in [6.07, 6.45) is 7.22. The predicted molar refractivity (Wildman–Crippen MR) is 101 cm³/mol. The van der Waals surface area contributed by atoms with Crippen molar-refractivity contribution in [3.05, 3.63) is 66.0 Å². The molecule has 1 aromatic carbocycles. The highest BCUT2D eigenvalue weighted by Gasteiger charge is 2.19. The summed E-state index contributed by atoms with van der Waals surface area (Å²) in [7, 11) is 1.65. The first-order valence-corrected chi connectivity index (χ1v) is 9.10. The third-order valence-corrected chi connectivity index (χ3v) is 4.75. The highest BCUT2D eigenvalue weighted by Crippen LogP contribution is 2.29. The first-order valence-electron chi connectivity index (χ1n) is 9.10. The minimum Gasteiger partial charge on any atom is -0.493 e. The van der Waals surface area contributed by atoms with Crippen LogP contribution in [0, 0.1) is 0 Å². The summed E-state index contributed by atoms with van der Waals surface area (Å²) < 4.78 is 13.4. The molecule has 1 unspecified atom stereocenters. The van der Waals surface area contributed by atoms with Crippen molar-refractivity contribution in [1.29, 1.82) is 0 Å². The summed E-state index contributed by atoms with van der Waals surface area (Å²) >= 11 is 0. The second kappa shape index (κ2) is 8.18. The molecule has 0 fully saturated rings. The monoisotopic (exact) mass is 365 g/mol. The first-order chi connectivity index (χ1) is 13.3. The van der Waals surface area contributed by atoms with Gasteiger partial charge in [-0.15, -0.1) is 0 Å². The van der Waals surface area contributed by atoms with Crippen LogP contribution in [-0.4, -0.2) is 32.9 Å². The van der Waals surface area contributed by atoms with Crippen molar-refractivity contribution in [3.8, 4) is 11.5 Å². The molecular weight excluding hydrogens is 342 g/mol. The molecule has 27 heavy (non-hydrogen) atoms. The van der Waals surface area contributed by atoms with Crippen molar-refractivity contribution in [3.63, 3.8) is 0 Å². The number of pyridine rings is 1. The summed E-state index contributed by atoms with van der Waals surface area (Å²) in [6.45, 7) is 2.08. The number of hydrogen-bond donors (Lipinski definition) is 1. The topological polar surface area (TPSA) is 74.1 Å². The molecule has 0 spiro atoms. The number of hydrogen-bond acceptors (Lipinski definition) is 6. The summed E-state index contributed by atoms with van der Waals surface area (Å²) in [5.41, 5.74) is 2.18. The molecule has 2 aromatic heterocycles. The van der Waals surface area contributed by atoms with Crippen LogP contribution < -0.4 is 14.8 Å². The van der Waals surface area contributed by atoms with Gasteiger partial charge in [0, 0.05) is 37.0 Å². The maximum Gasteiger partial charge on any atom is 0.161 e. The lowest BCUT2D eigenvalue weighted by molar-refractivity contribution is 0.283. The van der Waals surface area contributed by atoms with Gasteiger partial charge in [0.15, 0.2) is 11.5 Å². The Hall–Kier alpha value is -2.93. The third kappa shape index (κ3) is 4.25. The molecule has 1 aliphatic rings. The van der Waals surface area contributed by atoms with E-state index in [1.165, 1.54) is 0 Å². The maximum absolute atomic E-state index is 5.97. The van der Waals surface area contributed by atoms with Crippen LogP contribution in [0.2, 0.25) is 0 Å². The van der Waals surface area contributed by atoms with Gasteiger partial charge in [0.2, 0.25) is 0 Å². The van der Waals surface area contributed by atoms with Gasteiger partial charge in [0.05, 0.1) is 13.7 Å². The van der Waals surface area contributed by atoms with E-state index in [2.05, 4.69) is 26.4 Å². The van der Waals surface area contributed by atoms with Crippen LogP contribution in [0.25, 0.3) is 0 Å². The quantitative estimate of drug-likeness (QED) is 0.693. The van der Waals surface area contributed by atoms with Gasteiger partial charge in [0.25, 0.3) is 0 Å². The number of fused-ring (bicyclic) bond motifs is 1. The van der Waals surface area contributed by atoms with E-state index >= 15 is 0 Å². The van der Waals surface area contributed by atoms with E-state index in [9.17, 15) is 0 Å². The van der Waals surface area contributed by atoms with Gasteiger partial charge in [-0.05, 0) is 30.2 Å². The minimum absolute atomic E-state index is 0.390. The molecule has 7 nitrogen and oxygen atoms in total. The maximum atomic E-state index is 5.97. The second-order valence-corrected chi connectivity index (χ2v) is 6.61. The van der Waals surface area contributed by atoms with Gasteiger partial charge in [-0.1, -0.05) is 12.1 Å². The fourth-order valence-electron chi connectivity index (χ4n) is 3.25. The molecule has 0 amide bonds. The molecule has 0 aliphatic carbocycles. The largest absolute Gasteiger partial charge is 0.493 e. The fourth-order valence-corrected chi connectivity index (χ4v) is 3.25. The van der Waals surface area contributed by atoms with Gasteiger partial charge in [-0.3, -0.25) is 4.98 Å². The third-order valence-electron chi connectivity index (χ3n) is 4.75. The van der Waals surface area contributed by atoms with E-state index in [1.807, 2.05) is 28.9 Å². The average Bonchev–Trinajstić information content (AvgIpc) is 3.19. The summed E-state index contributed by atoms with van der Waals surface area (Å²) in [5.74, 6) is 2.54. The van der Waals surface area contributed by atoms with Gasteiger partial charge < -0.3 is 14.8 Å². The Balaban J connectivity index is 1.38. The first kappa shape index (κ1) is 17.5. The number of rotatable bonds is 7. The second-order valence-electron chi connectivity index (χ2n) is 6.61. The molecule has 1 atom stereocenters. The smallest absolute Gasteiger partial charge is 0.161 e. The van der Waals surface area contributed by atoms with Gasteiger partial charge in [-0.2, -0.15) is 5.10 Å². The van der Waals surface area contributed by atoms with E-state index in [4.69, 9.17) is 9.47 Å². The van der Waals surface area contributed by atoms with Crippen LogP contribution in [0.4, 0.5) is 0 Å². The van der Waals surface area contributed by atoms with Crippen molar-refractivity contribution in [2.24, 2.45) is 0 Å². The van der Waals surface area contributed by atoms with E-state index in [1.54, 1.807) is 25.8 Å². The van der Waals surface area contributed by atoms with Gasteiger partial charge in [-0.25, -0.2) is 9.67 Å². The van der Waals surface area contributed by atoms with Crippen molar-refractivity contribution in [1.82, 2.24) is 25.1 Å². The number of nitrogens with one attached hydrogen (secondary N) is 1. The van der Waals surface area contributed by atoms with Crippen molar-refractivity contribution in [2.75, 3.05) is 7.11 Å². The standard InChI is InChI=1S/C20H23N5O2/c1-26-18-6-4-15(9-19(18)27-13-16-3-2-8-21-10-16)11-22-17-5-7-20-23-14-24-25(20)12-17/h2-4,6,8-10,14,17,22H,5,7,11-13H2,1H3. The number of aryl methyl sites for hydroxylation is 1. The van der Waals surface area contributed by atoms with Crippen molar-refractivity contribution in [2.45, 2.75) is 38.6 Å². The van der Waals surface area contributed by atoms with Crippen LogP contribution in [0.1, 0.15) is 23.4 Å². The van der Waals surface area contributed by atoms with Crippen molar-refractivity contribution < 1.29 is 9.47 Å². The zero-order chi connectivity index (χ0) is 18.5. The predicted octanol–water partition coefficient (Wildman–Crippen LogP) is 2.37. The van der Waals surface area contributed by atoms with Gasteiger partial charge in [0.1, 0.15) is 18.8 Å². The van der Waals surface area contributed by atoms with E-state index in [0.717, 1.165) is 54.4 Å². The molecule has 1 N–H and O–H groups in total. The van der Waals surface area contributed by atoms with Crippen LogP contribution in [0.15, 0.2) is 49.1 Å². The molecule has 7 heteroatoms. The lowest BCUT2D eigenvalue weighted by atomic mass is 10.1. The van der Waals surface area contributed by atoms with E-state index in [-0.39, 0.29) is 0 Å². The van der Waals surface area contributed by atoms with Gasteiger partial charge >= 0.3 is 0 Å². The van der Waals surface area contributed by atoms with E-state index in [0.29, 0.717) is 12.6 Å². The average molecular weight is 365 g/mol. The Morgan fingerprint density at radius 1 is 1.22 bits per heavy atom. The number of methoxy groups -OCH3 is 1. The molecule has 0 radical (unpaired) electrons. The molecule has 0 saturated heterocycles. The SMILES string of the molecule is COc1ccc(CNC2CCc3ncnn3C2)cc1OCc1cccnc1. The number of ether oxygens (including phenoxy) is 2. The Bertz CT molecular complexity index is 881. The highest BCUT2D eigenvalue weighted by atomic mass is 16.5. The summed E-state index contributed by atoms with van der Waals surface area (Å²) in [6, 6.07) is 10.3.